The molecule has 1 aliphatic rings. The van der Waals surface area contributed by atoms with Crippen LogP contribution < -0.4 is 0 Å². The van der Waals surface area contributed by atoms with E-state index in [0.29, 0.717) is 11.6 Å². The quantitative estimate of drug-likeness (QED) is 0.649. The molecule has 0 spiro atoms. The van der Waals surface area contributed by atoms with E-state index in [-0.39, 0.29) is 5.91 Å². The van der Waals surface area contributed by atoms with E-state index in [4.69, 9.17) is 11.6 Å². The molecule has 2 aromatic carbocycles. The number of nitrogens with zero attached hydrogens (tertiary/aromatic N) is 2. The Labute approximate surface area is 152 Å². The maximum absolute atomic E-state index is 13.3. The van der Waals surface area contributed by atoms with E-state index in [1.165, 1.54) is 11.1 Å². The third kappa shape index (κ3) is 2.63. The van der Waals surface area contributed by atoms with Crippen molar-refractivity contribution >= 4 is 28.4 Å². The number of fused-ring (bicyclic) bond motifs is 2. The smallest absolute Gasteiger partial charge is 0.271 e. The largest absolute Gasteiger partial charge is 0.337 e. The van der Waals surface area contributed by atoms with Crippen molar-refractivity contribution in [3.05, 3.63) is 69.9 Å². The molecular weight excluding hydrogens is 332 g/mol. The highest BCUT2D eigenvalue weighted by Crippen LogP contribution is 2.30. The van der Waals surface area contributed by atoms with Gasteiger partial charge in [0.1, 0.15) is 5.69 Å². The van der Waals surface area contributed by atoms with Gasteiger partial charge in [0.2, 0.25) is 0 Å². The lowest BCUT2D eigenvalue weighted by molar-refractivity contribution is 0.0723. The molecule has 0 unspecified atom stereocenters. The Morgan fingerprint density at radius 1 is 1.16 bits per heavy atom. The van der Waals surface area contributed by atoms with Crippen molar-refractivity contribution in [2.75, 3.05) is 6.54 Å². The van der Waals surface area contributed by atoms with E-state index in [1.54, 1.807) is 0 Å². The van der Waals surface area contributed by atoms with Gasteiger partial charge >= 0.3 is 0 Å². The van der Waals surface area contributed by atoms with Gasteiger partial charge in [0.05, 0.1) is 0 Å². The highest BCUT2D eigenvalue weighted by Gasteiger charge is 2.27. The van der Waals surface area contributed by atoms with Crippen LogP contribution in [0.3, 0.4) is 0 Å². The molecule has 0 atom stereocenters. The third-order valence-electron chi connectivity index (χ3n) is 5.22. The fourth-order valence-corrected chi connectivity index (χ4v) is 4.09. The number of carbonyl (C=O) groups excluding carboxylic acids is 1. The van der Waals surface area contributed by atoms with Crippen LogP contribution in [-0.2, 0) is 19.5 Å². The zero-order valence-corrected chi connectivity index (χ0v) is 15.3. The van der Waals surface area contributed by atoms with Crippen LogP contribution in [0, 0.1) is 6.92 Å². The first-order valence-electron chi connectivity index (χ1n) is 8.74. The number of hydrogen-bond acceptors (Lipinski definition) is 1. The van der Waals surface area contributed by atoms with Crippen LogP contribution in [-0.4, -0.2) is 21.9 Å². The van der Waals surface area contributed by atoms with Crippen LogP contribution in [0.5, 0.6) is 0 Å². The number of benzene rings is 2. The van der Waals surface area contributed by atoms with Crippen LogP contribution in [0.15, 0.2) is 42.5 Å². The summed E-state index contributed by atoms with van der Waals surface area (Å²) in [6.45, 7) is 6.31. The normalized spacial score (nSPS) is 14.0. The number of carbonyl (C=O) groups is 1. The lowest BCUT2D eigenvalue weighted by Crippen LogP contribution is -2.37. The van der Waals surface area contributed by atoms with E-state index < -0.39 is 0 Å². The second kappa shape index (κ2) is 6.23. The zero-order valence-electron chi connectivity index (χ0n) is 14.6. The van der Waals surface area contributed by atoms with Crippen LogP contribution in [0.4, 0.5) is 0 Å². The number of aryl methyl sites for hydroxylation is 2. The maximum atomic E-state index is 13.3. The van der Waals surface area contributed by atoms with Gasteiger partial charge < -0.3 is 9.47 Å². The summed E-state index contributed by atoms with van der Waals surface area (Å²) >= 11 is 6.18. The van der Waals surface area contributed by atoms with E-state index in [2.05, 4.69) is 29.7 Å². The molecule has 25 heavy (non-hydrogen) atoms. The monoisotopic (exact) mass is 352 g/mol. The van der Waals surface area contributed by atoms with Crippen LogP contribution in [0.2, 0.25) is 5.02 Å². The minimum absolute atomic E-state index is 0.112. The van der Waals surface area contributed by atoms with Crippen LogP contribution in [0.1, 0.15) is 34.1 Å². The molecule has 1 amide bonds. The maximum Gasteiger partial charge on any atom is 0.271 e. The summed E-state index contributed by atoms with van der Waals surface area (Å²) in [6.07, 6.45) is 0.916. The Hall–Kier alpha value is -2.26. The summed E-state index contributed by atoms with van der Waals surface area (Å²) in [5, 5.41) is 1.77. The molecule has 0 fully saturated rings. The second-order valence-electron chi connectivity index (χ2n) is 6.62. The Morgan fingerprint density at radius 2 is 1.92 bits per heavy atom. The Balaban J connectivity index is 1.77. The summed E-state index contributed by atoms with van der Waals surface area (Å²) in [7, 11) is 0. The van der Waals surface area contributed by atoms with E-state index in [0.717, 1.165) is 41.7 Å². The van der Waals surface area contributed by atoms with Gasteiger partial charge in [0.15, 0.2) is 0 Å². The van der Waals surface area contributed by atoms with Crippen molar-refractivity contribution in [3.8, 4) is 0 Å². The zero-order chi connectivity index (χ0) is 17.6. The summed E-state index contributed by atoms with van der Waals surface area (Å²) in [5.74, 6) is 0.112. The first-order chi connectivity index (χ1) is 12.1. The van der Waals surface area contributed by atoms with Crippen molar-refractivity contribution in [2.45, 2.75) is 33.4 Å². The summed E-state index contributed by atoms with van der Waals surface area (Å²) in [4.78, 5) is 15.3. The third-order valence-corrected chi connectivity index (χ3v) is 5.45. The molecular formula is C21H21ClN2O. The Bertz CT molecular complexity index is 973. The highest BCUT2D eigenvalue weighted by molar-refractivity contribution is 6.31. The van der Waals surface area contributed by atoms with Gasteiger partial charge in [0, 0.05) is 35.6 Å². The Kier molecular flexibility index (Phi) is 4.04. The molecule has 4 heteroatoms. The lowest BCUT2D eigenvalue weighted by Gasteiger charge is -2.29. The van der Waals surface area contributed by atoms with Crippen molar-refractivity contribution < 1.29 is 4.79 Å². The summed E-state index contributed by atoms with van der Waals surface area (Å²) in [6, 6.07) is 14.3. The van der Waals surface area contributed by atoms with Gasteiger partial charge in [0.25, 0.3) is 5.91 Å². The van der Waals surface area contributed by atoms with Gasteiger partial charge in [-0.15, -0.1) is 0 Å². The molecule has 1 aliphatic heterocycles. The standard InChI is InChI=1S/C21H21ClN2O/c1-3-24-19-9-8-17(22)12-18(19)14(2)20(24)21(25)23-11-10-15-6-4-5-7-16(15)13-23/h4-9,12H,3,10-11,13H2,1-2H3. The van der Waals surface area contributed by atoms with E-state index in [9.17, 15) is 4.79 Å². The van der Waals surface area contributed by atoms with Crippen molar-refractivity contribution in [1.82, 2.24) is 9.47 Å². The van der Waals surface area contributed by atoms with Crippen molar-refractivity contribution in [3.63, 3.8) is 0 Å². The molecule has 0 aliphatic carbocycles. The van der Waals surface area contributed by atoms with Gasteiger partial charge in [-0.05, 0) is 55.2 Å². The molecule has 0 saturated carbocycles. The molecule has 128 valence electrons. The molecule has 3 nitrogen and oxygen atoms in total. The molecule has 0 saturated heterocycles. The number of aromatic nitrogens is 1. The molecule has 0 N–H and O–H groups in total. The van der Waals surface area contributed by atoms with Crippen LogP contribution >= 0.6 is 11.6 Å². The molecule has 2 heterocycles. The molecule has 3 aromatic rings. The number of rotatable bonds is 2. The predicted octanol–water partition coefficient (Wildman–Crippen LogP) is 4.82. The highest BCUT2D eigenvalue weighted by atomic mass is 35.5. The summed E-state index contributed by atoms with van der Waals surface area (Å²) < 4.78 is 2.11. The average Bonchev–Trinajstić information content (AvgIpc) is 2.92. The fourth-order valence-electron chi connectivity index (χ4n) is 3.92. The molecule has 0 radical (unpaired) electrons. The van der Waals surface area contributed by atoms with Gasteiger partial charge in [-0.2, -0.15) is 0 Å². The van der Waals surface area contributed by atoms with Gasteiger partial charge in [-0.3, -0.25) is 4.79 Å². The number of amides is 1. The van der Waals surface area contributed by atoms with Crippen molar-refractivity contribution in [1.29, 1.82) is 0 Å². The SMILES string of the molecule is CCn1c(C(=O)N2CCc3ccccc3C2)c(C)c2cc(Cl)ccc21. The van der Waals surface area contributed by atoms with Crippen LogP contribution in [0.25, 0.3) is 10.9 Å². The minimum Gasteiger partial charge on any atom is -0.337 e. The first-order valence-corrected chi connectivity index (χ1v) is 9.12. The number of halogens is 1. The molecule has 0 bridgehead atoms. The topological polar surface area (TPSA) is 25.2 Å². The first kappa shape index (κ1) is 16.2. The Morgan fingerprint density at radius 3 is 2.68 bits per heavy atom. The van der Waals surface area contributed by atoms with Gasteiger partial charge in [-0.1, -0.05) is 35.9 Å². The number of hydrogen-bond donors (Lipinski definition) is 0. The lowest BCUT2D eigenvalue weighted by atomic mass is 9.99. The average molecular weight is 353 g/mol. The second-order valence-corrected chi connectivity index (χ2v) is 7.06. The van der Waals surface area contributed by atoms with E-state index >= 15 is 0 Å². The molecule has 1 aromatic heterocycles. The van der Waals surface area contributed by atoms with Crippen molar-refractivity contribution in [2.24, 2.45) is 0 Å². The minimum atomic E-state index is 0.112. The predicted molar refractivity (Wildman–Crippen MR) is 102 cm³/mol. The molecule has 4 rings (SSSR count). The van der Waals surface area contributed by atoms with E-state index in [1.807, 2.05) is 36.1 Å². The van der Waals surface area contributed by atoms with Gasteiger partial charge in [-0.25, -0.2) is 0 Å². The fraction of sp³-hybridized carbons (Fsp3) is 0.286. The summed E-state index contributed by atoms with van der Waals surface area (Å²) in [5.41, 5.74) is 5.49.